The van der Waals surface area contributed by atoms with Crippen molar-refractivity contribution in [3.63, 3.8) is 0 Å². The molecule has 1 fully saturated rings. The number of alkyl halides is 1. The fraction of sp³-hybridized carbons (Fsp3) is 0.381. The molecule has 3 rings (SSSR count). The van der Waals surface area contributed by atoms with Gasteiger partial charge in [-0.2, -0.15) is 0 Å². The van der Waals surface area contributed by atoms with E-state index >= 15 is 4.39 Å². The Labute approximate surface area is 164 Å². The predicted molar refractivity (Wildman–Crippen MR) is 104 cm³/mol. The van der Waals surface area contributed by atoms with E-state index in [9.17, 15) is 9.59 Å². The predicted octanol–water partition coefficient (Wildman–Crippen LogP) is 2.45. The number of piperidine rings is 1. The average molecular weight is 384 g/mol. The molecule has 0 aliphatic carbocycles. The minimum Gasteiger partial charge on any atom is -0.349 e. The third-order valence-electron chi connectivity index (χ3n) is 4.85. The normalized spacial score (nSPS) is 19.1. The molecule has 1 aliphatic rings. The standard InChI is InChI=1S/C21H25FN4O2/c22-21(19(27)25-15-18-8-4-11-23-14-18)10-5-13-26(16-21)20(28)24-12-9-17-6-2-1-3-7-17/h1-4,6-8,11,14H,5,9-10,12-13,15-16H2,(H,24,28)(H,25,27). The molecule has 2 N–H and O–H groups in total. The number of amides is 3. The first-order valence-corrected chi connectivity index (χ1v) is 9.50. The largest absolute Gasteiger partial charge is 0.349 e. The summed E-state index contributed by atoms with van der Waals surface area (Å²) in [5.74, 6) is -0.682. The summed E-state index contributed by atoms with van der Waals surface area (Å²) >= 11 is 0. The lowest BCUT2D eigenvalue weighted by Gasteiger charge is -2.36. The van der Waals surface area contributed by atoms with Crippen molar-refractivity contribution in [3.8, 4) is 0 Å². The van der Waals surface area contributed by atoms with Gasteiger partial charge < -0.3 is 15.5 Å². The Morgan fingerprint density at radius 1 is 1.11 bits per heavy atom. The number of hydrogen-bond donors (Lipinski definition) is 2. The van der Waals surface area contributed by atoms with Gasteiger partial charge in [-0.05, 0) is 36.5 Å². The summed E-state index contributed by atoms with van der Waals surface area (Å²) in [6.07, 6.45) is 4.52. The molecule has 1 atom stereocenters. The number of benzene rings is 1. The number of hydrogen-bond acceptors (Lipinski definition) is 3. The van der Waals surface area contributed by atoms with Crippen molar-refractivity contribution >= 4 is 11.9 Å². The van der Waals surface area contributed by atoms with Crippen LogP contribution in [-0.4, -0.2) is 47.1 Å². The lowest BCUT2D eigenvalue weighted by Crippen LogP contribution is -2.57. The molecule has 0 bridgehead atoms. The van der Waals surface area contributed by atoms with Gasteiger partial charge in [0.25, 0.3) is 5.91 Å². The number of nitrogens with one attached hydrogen (secondary N) is 2. The van der Waals surface area contributed by atoms with Crippen LogP contribution < -0.4 is 10.6 Å². The number of carbonyl (C=O) groups is 2. The molecule has 3 amide bonds. The highest BCUT2D eigenvalue weighted by molar-refractivity contribution is 5.86. The fourth-order valence-corrected chi connectivity index (χ4v) is 3.28. The van der Waals surface area contributed by atoms with Crippen molar-refractivity contribution in [3.05, 3.63) is 66.0 Å². The van der Waals surface area contributed by atoms with Crippen LogP contribution in [0.15, 0.2) is 54.9 Å². The van der Waals surface area contributed by atoms with Crippen LogP contribution in [0.5, 0.6) is 0 Å². The maximum absolute atomic E-state index is 15.2. The van der Waals surface area contributed by atoms with Gasteiger partial charge in [0.1, 0.15) is 0 Å². The maximum Gasteiger partial charge on any atom is 0.317 e. The van der Waals surface area contributed by atoms with Crippen molar-refractivity contribution in [1.29, 1.82) is 0 Å². The molecule has 7 heteroatoms. The second-order valence-electron chi connectivity index (χ2n) is 7.00. The Morgan fingerprint density at radius 3 is 2.64 bits per heavy atom. The molecule has 2 aromatic rings. The van der Waals surface area contributed by atoms with Crippen LogP contribution in [0.4, 0.5) is 9.18 Å². The molecule has 0 saturated carbocycles. The van der Waals surface area contributed by atoms with Crippen LogP contribution in [0.25, 0.3) is 0 Å². The second-order valence-corrected chi connectivity index (χ2v) is 7.00. The first kappa shape index (κ1) is 19.8. The summed E-state index contributed by atoms with van der Waals surface area (Å²) in [6, 6.07) is 13.1. The summed E-state index contributed by atoms with van der Waals surface area (Å²) < 4.78 is 15.2. The average Bonchev–Trinajstić information content (AvgIpc) is 2.73. The summed E-state index contributed by atoms with van der Waals surface area (Å²) in [5, 5.41) is 5.44. The minimum atomic E-state index is -2.07. The van der Waals surface area contributed by atoms with E-state index < -0.39 is 11.6 Å². The molecule has 1 unspecified atom stereocenters. The van der Waals surface area contributed by atoms with Crippen molar-refractivity contribution < 1.29 is 14.0 Å². The molecule has 2 heterocycles. The summed E-state index contributed by atoms with van der Waals surface area (Å²) in [4.78, 5) is 30.1. The number of rotatable bonds is 6. The van der Waals surface area contributed by atoms with E-state index in [1.165, 1.54) is 4.90 Å². The molecular formula is C21H25FN4O2. The van der Waals surface area contributed by atoms with Crippen LogP contribution >= 0.6 is 0 Å². The van der Waals surface area contributed by atoms with Crippen molar-refractivity contribution in [2.75, 3.05) is 19.6 Å². The maximum atomic E-state index is 15.2. The van der Waals surface area contributed by atoms with E-state index in [4.69, 9.17) is 0 Å². The molecule has 28 heavy (non-hydrogen) atoms. The molecular weight excluding hydrogens is 359 g/mol. The molecule has 1 aliphatic heterocycles. The molecule has 148 valence electrons. The Bertz CT molecular complexity index is 788. The van der Waals surface area contributed by atoms with Crippen LogP contribution in [0.3, 0.4) is 0 Å². The highest BCUT2D eigenvalue weighted by atomic mass is 19.1. The van der Waals surface area contributed by atoms with Gasteiger partial charge in [0, 0.05) is 32.0 Å². The van der Waals surface area contributed by atoms with Gasteiger partial charge in [0.2, 0.25) is 5.67 Å². The SMILES string of the molecule is O=C(NCCc1ccccc1)N1CCCC(F)(C(=O)NCc2cccnc2)C1. The van der Waals surface area contributed by atoms with Gasteiger partial charge in [0.05, 0.1) is 6.54 Å². The van der Waals surface area contributed by atoms with Gasteiger partial charge >= 0.3 is 6.03 Å². The number of nitrogens with zero attached hydrogens (tertiary/aromatic N) is 2. The fourth-order valence-electron chi connectivity index (χ4n) is 3.28. The Hall–Kier alpha value is -2.96. The Balaban J connectivity index is 1.48. The zero-order valence-electron chi connectivity index (χ0n) is 15.7. The number of likely N-dealkylation sites (tertiary alicyclic amines) is 1. The number of aromatic nitrogens is 1. The summed E-state index contributed by atoms with van der Waals surface area (Å²) in [6.45, 7) is 0.884. The smallest absolute Gasteiger partial charge is 0.317 e. The summed E-state index contributed by atoms with van der Waals surface area (Å²) in [7, 11) is 0. The van der Waals surface area contributed by atoms with Crippen LogP contribution in [0.1, 0.15) is 24.0 Å². The first-order valence-electron chi connectivity index (χ1n) is 9.50. The third-order valence-corrected chi connectivity index (χ3v) is 4.85. The topological polar surface area (TPSA) is 74.3 Å². The third kappa shape index (κ3) is 5.28. The monoisotopic (exact) mass is 384 g/mol. The van der Waals surface area contributed by atoms with Gasteiger partial charge in [0.15, 0.2) is 0 Å². The second kappa shape index (κ2) is 9.30. The Morgan fingerprint density at radius 2 is 1.89 bits per heavy atom. The first-order chi connectivity index (χ1) is 13.6. The minimum absolute atomic E-state index is 0.111. The number of urea groups is 1. The highest BCUT2D eigenvalue weighted by Gasteiger charge is 2.43. The molecule has 0 radical (unpaired) electrons. The van der Waals surface area contributed by atoms with Gasteiger partial charge in [-0.1, -0.05) is 36.4 Å². The van der Waals surface area contributed by atoms with E-state index in [-0.39, 0.29) is 25.5 Å². The van der Waals surface area contributed by atoms with E-state index in [0.29, 0.717) is 25.9 Å². The van der Waals surface area contributed by atoms with Crippen molar-refractivity contribution in [1.82, 2.24) is 20.5 Å². The van der Waals surface area contributed by atoms with E-state index in [1.54, 1.807) is 18.5 Å². The molecule has 1 aromatic heterocycles. The quantitative estimate of drug-likeness (QED) is 0.803. The zero-order chi connectivity index (χ0) is 19.8. The van der Waals surface area contributed by atoms with Crippen LogP contribution in [0.2, 0.25) is 0 Å². The molecule has 6 nitrogen and oxygen atoms in total. The van der Waals surface area contributed by atoms with Gasteiger partial charge in [-0.15, -0.1) is 0 Å². The lowest BCUT2D eigenvalue weighted by molar-refractivity contribution is -0.136. The number of halogens is 1. The van der Waals surface area contributed by atoms with Crippen LogP contribution in [0, 0.1) is 0 Å². The number of carbonyl (C=O) groups excluding carboxylic acids is 2. The van der Waals surface area contributed by atoms with Crippen LogP contribution in [-0.2, 0) is 17.8 Å². The lowest BCUT2D eigenvalue weighted by atomic mass is 9.94. The van der Waals surface area contributed by atoms with Crippen molar-refractivity contribution in [2.24, 2.45) is 0 Å². The number of pyridine rings is 1. The van der Waals surface area contributed by atoms with E-state index in [2.05, 4.69) is 15.6 Å². The highest BCUT2D eigenvalue weighted by Crippen LogP contribution is 2.26. The van der Waals surface area contributed by atoms with E-state index in [0.717, 1.165) is 11.1 Å². The Kier molecular flexibility index (Phi) is 6.57. The van der Waals surface area contributed by atoms with Crippen molar-refractivity contribution in [2.45, 2.75) is 31.5 Å². The van der Waals surface area contributed by atoms with Gasteiger partial charge in [-0.3, -0.25) is 9.78 Å². The molecule has 1 aromatic carbocycles. The summed E-state index contributed by atoms with van der Waals surface area (Å²) in [5.41, 5.74) is -0.154. The molecule has 0 spiro atoms. The molecule has 1 saturated heterocycles. The van der Waals surface area contributed by atoms with Gasteiger partial charge in [-0.25, -0.2) is 9.18 Å². The van der Waals surface area contributed by atoms with E-state index in [1.807, 2.05) is 36.4 Å². The zero-order valence-corrected chi connectivity index (χ0v) is 15.7.